The van der Waals surface area contributed by atoms with Crippen LogP contribution in [0, 0.1) is 0 Å². The zero-order valence-electron chi connectivity index (χ0n) is 12.5. The maximum absolute atomic E-state index is 11.8. The molecule has 117 valence electrons. The lowest BCUT2D eigenvalue weighted by molar-refractivity contribution is 0.281. The summed E-state index contributed by atoms with van der Waals surface area (Å²) in [6.45, 7) is 2.78. The van der Waals surface area contributed by atoms with Gasteiger partial charge in [-0.15, -0.1) is 0 Å². The van der Waals surface area contributed by atoms with Gasteiger partial charge in [-0.2, -0.15) is 8.42 Å². The second-order valence-electron chi connectivity index (χ2n) is 5.67. The number of hydrogen-bond donors (Lipinski definition) is 1. The monoisotopic (exact) mass is 335 g/mol. The van der Waals surface area contributed by atoms with Crippen LogP contribution < -0.4 is 0 Å². The minimum Gasteiger partial charge on any atom is -0.416 e. The molecule has 1 radical (unpaired) electrons. The number of fused-ring (bicyclic) bond motifs is 1. The van der Waals surface area contributed by atoms with Crippen molar-refractivity contribution >= 4 is 29.9 Å². The Labute approximate surface area is 132 Å². The zero-order chi connectivity index (χ0) is 15.7. The molecule has 0 aromatic heterocycles. The Balaban J connectivity index is 2.19. The molecule has 1 N–H and O–H groups in total. The molecule has 1 unspecified atom stereocenters. The number of benzene rings is 2. The lowest BCUT2D eigenvalue weighted by atomic mass is 10.0. The van der Waals surface area contributed by atoms with Gasteiger partial charge in [0.05, 0.1) is 4.90 Å². The molecule has 1 atom stereocenters. The number of hydrogen-bond acceptors (Lipinski definition) is 3. The van der Waals surface area contributed by atoms with Gasteiger partial charge in [0.15, 0.2) is 0 Å². The molecule has 2 aromatic rings. The summed E-state index contributed by atoms with van der Waals surface area (Å²) >= 11 is 0. The van der Waals surface area contributed by atoms with Gasteiger partial charge in [-0.1, -0.05) is 43.7 Å². The Hall–Kier alpha value is -1.21. The summed E-state index contributed by atoms with van der Waals surface area (Å²) in [5.74, 6) is 0. The van der Waals surface area contributed by atoms with Gasteiger partial charge in [0.25, 0.3) is 10.1 Å². The Morgan fingerprint density at radius 1 is 1.18 bits per heavy atom. The van der Waals surface area contributed by atoms with Gasteiger partial charge < -0.3 is 4.43 Å². The predicted octanol–water partition coefficient (Wildman–Crippen LogP) is 3.53. The van der Waals surface area contributed by atoms with Crippen LogP contribution in [0.3, 0.4) is 0 Å². The molecule has 1 saturated heterocycles. The van der Waals surface area contributed by atoms with Gasteiger partial charge >= 0.3 is 0 Å². The van der Waals surface area contributed by atoms with Gasteiger partial charge in [0.1, 0.15) is 0 Å². The molecular formula is C16H19O4SSi. The molecule has 0 amide bonds. The molecule has 0 bridgehead atoms. The third-order valence-electron chi connectivity index (χ3n) is 4.23. The Morgan fingerprint density at radius 3 is 2.64 bits per heavy atom. The Bertz CT molecular complexity index is 782. The third kappa shape index (κ3) is 2.96. The van der Waals surface area contributed by atoms with E-state index in [1.807, 2.05) is 31.2 Å². The summed E-state index contributed by atoms with van der Waals surface area (Å²) in [6.07, 6.45) is 2.20. The summed E-state index contributed by atoms with van der Waals surface area (Å²) < 4.78 is 39.2. The molecule has 0 saturated carbocycles. The van der Waals surface area contributed by atoms with Gasteiger partial charge in [-0.3, -0.25) is 4.55 Å². The van der Waals surface area contributed by atoms with Crippen LogP contribution in [-0.4, -0.2) is 28.6 Å². The average molecular weight is 335 g/mol. The van der Waals surface area contributed by atoms with E-state index in [1.165, 1.54) is 6.07 Å². The average Bonchev–Trinajstić information content (AvgIpc) is 2.53. The van der Waals surface area contributed by atoms with Gasteiger partial charge in [-0.05, 0) is 34.9 Å². The van der Waals surface area contributed by atoms with Crippen molar-refractivity contribution in [2.24, 2.45) is 0 Å². The third-order valence-corrected chi connectivity index (χ3v) is 7.82. The Kier molecular flexibility index (Phi) is 4.36. The highest BCUT2D eigenvalue weighted by atomic mass is 32.2. The number of rotatable bonds is 3. The molecule has 6 heteroatoms. The predicted molar refractivity (Wildman–Crippen MR) is 87.9 cm³/mol. The van der Waals surface area contributed by atoms with Crippen LogP contribution in [0.15, 0.2) is 41.3 Å². The topological polar surface area (TPSA) is 63.6 Å². The van der Waals surface area contributed by atoms with Crippen LogP contribution >= 0.6 is 0 Å². The lowest BCUT2D eigenvalue weighted by Gasteiger charge is -2.27. The molecule has 1 fully saturated rings. The molecule has 4 nitrogen and oxygen atoms in total. The molecule has 2 aromatic carbocycles. The van der Waals surface area contributed by atoms with E-state index in [1.54, 1.807) is 6.07 Å². The van der Waals surface area contributed by atoms with E-state index in [0.717, 1.165) is 36.3 Å². The van der Waals surface area contributed by atoms with Crippen molar-refractivity contribution in [1.82, 2.24) is 0 Å². The first kappa shape index (κ1) is 15.7. The van der Waals surface area contributed by atoms with E-state index in [-0.39, 0.29) is 10.4 Å². The maximum atomic E-state index is 11.8. The van der Waals surface area contributed by atoms with Crippen molar-refractivity contribution in [1.29, 1.82) is 0 Å². The highest BCUT2D eigenvalue weighted by molar-refractivity contribution is 7.85. The van der Waals surface area contributed by atoms with E-state index in [0.29, 0.717) is 5.56 Å². The summed E-state index contributed by atoms with van der Waals surface area (Å²) in [5, 5.41) is 1.87. The van der Waals surface area contributed by atoms with Crippen molar-refractivity contribution in [2.75, 3.05) is 6.61 Å². The molecule has 3 rings (SSSR count). The van der Waals surface area contributed by atoms with E-state index in [4.69, 9.17) is 4.43 Å². The van der Waals surface area contributed by atoms with E-state index in [9.17, 15) is 13.0 Å². The fourth-order valence-corrected chi connectivity index (χ4v) is 6.50. The zero-order valence-corrected chi connectivity index (χ0v) is 14.3. The van der Waals surface area contributed by atoms with E-state index < -0.39 is 19.2 Å². The first-order valence-corrected chi connectivity index (χ1v) is 10.6. The molecule has 1 heterocycles. The molecular weight excluding hydrogens is 316 g/mol. The summed E-state index contributed by atoms with van der Waals surface area (Å²) in [7, 11) is -5.37. The molecule has 0 aliphatic carbocycles. The van der Waals surface area contributed by atoms with Gasteiger partial charge in [-0.25, -0.2) is 0 Å². The summed E-state index contributed by atoms with van der Waals surface area (Å²) in [5.41, 5.74) is 0.713. The van der Waals surface area contributed by atoms with Crippen LogP contribution in [-0.2, 0) is 14.5 Å². The molecule has 22 heavy (non-hydrogen) atoms. The molecule has 0 spiro atoms. The maximum Gasteiger partial charge on any atom is 0.294 e. The largest absolute Gasteiger partial charge is 0.416 e. The SMILES string of the molecule is CC(c1c(S(=O)(=O)O)ccc2ccccc12)[Si]1CCCCO1. The normalized spacial score (nSPS) is 18.5. The van der Waals surface area contributed by atoms with Crippen molar-refractivity contribution in [3.8, 4) is 0 Å². The van der Waals surface area contributed by atoms with Crippen molar-refractivity contribution in [2.45, 2.75) is 36.2 Å². The first-order chi connectivity index (χ1) is 10.5. The van der Waals surface area contributed by atoms with Gasteiger partial charge in [0.2, 0.25) is 9.04 Å². The quantitative estimate of drug-likeness (QED) is 0.688. The summed E-state index contributed by atoms with van der Waals surface area (Å²) in [6, 6.07) is 12.0. The minimum absolute atomic E-state index is 0.00771. The Morgan fingerprint density at radius 2 is 1.95 bits per heavy atom. The molecule has 1 aliphatic heterocycles. The highest BCUT2D eigenvalue weighted by Gasteiger charge is 2.31. The fourth-order valence-electron chi connectivity index (χ4n) is 3.13. The fraction of sp³-hybridized carbons (Fsp3) is 0.375. The van der Waals surface area contributed by atoms with Crippen LogP contribution in [0.25, 0.3) is 10.8 Å². The van der Waals surface area contributed by atoms with E-state index in [2.05, 4.69) is 0 Å². The van der Waals surface area contributed by atoms with Crippen molar-refractivity contribution in [3.05, 3.63) is 42.0 Å². The lowest BCUT2D eigenvalue weighted by Crippen LogP contribution is -2.30. The van der Waals surface area contributed by atoms with Crippen LogP contribution in [0.1, 0.15) is 30.9 Å². The summed E-state index contributed by atoms with van der Waals surface area (Å²) in [4.78, 5) is 0.0189. The van der Waals surface area contributed by atoms with Crippen LogP contribution in [0.5, 0.6) is 0 Å². The second kappa shape index (κ2) is 6.12. The van der Waals surface area contributed by atoms with E-state index >= 15 is 0 Å². The van der Waals surface area contributed by atoms with Crippen molar-refractivity contribution < 1.29 is 17.4 Å². The highest BCUT2D eigenvalue weighted by Crippen LogP contribution is 2.35. The van der Waals surface area contributed by atoms with Crippen LogP contribution in [0.2, 0.25) is 6.04 Å². The standard InChI is InChI=1S/C16H19O4SSi/c1-12(22-11-5-4-10-20-22)16-14-7-3-2-6-13(14)8-9-15(16)21(17,18)19/h2-3,6-9,12H,4-5,10-11H2,1H3,(H,17,18,19). The second-order valence-corrected chi connectivity index (χ2v) is 9.64. The smallest absolute Gasteiger partial charge is 0.294 e. The first-order valence-electron chi connectivity index (χ1n) is 7.46. The van der Waals surface area contributed by atoms with Crippen molar-refractivity contribution in [3.63, 3.8) is 0 Å². The van der Waals surface area contributed by atoms with Crippen LogP contribution in [0.4, 0.5) is 0 Å². The minimum atomic E-state index is -4.25. The molecule has 1 aliphatic rings. The van der Waals surface area contributed by atoms with Gasteiger partial charge in [0, 0.05) is 12.1 Å².